The van der Waals surface area contributed by atoms with E-state index >= 15 is 0 Å². The average molecular weight is 525 g/mol. The van der Waals surface area contributed by atoms with E-state index in [1.165, 1.54) is 11.1 Å². The molecule has 1 aliphatic heterocycles. The molecule has 2 aromatic rings. The van der Waals surface area contributed by atoms with Gasteiger partial charge in [-0.3, -0.25) is 0 Å². The van der Waals surface area contributed by atoms with Crippen LogP contribution in [-0.4, -0.2) is 36.4 Å². The number of hydrogen-bond donors (Lipinski definition) is 4. The highest BCUT2D eigenvalue weighted by Gasteiger charge is 2.30. The lowest BCUT2D eigenvalue weighted by molar-refractivity contribution is -1.02. The first-order valence-corrected chi connectivity index (χ1v) is 14.6. The van der Waals surface area contributed by atoms with Crippen LogP contribution in [0.4, 0.5) is 0 Å². The maximum absolute atomic E-state index is 11.1. The number of nitrogens with one attached hydrogen (secondary N) is 2. The Morgan fingerprint density at radius 3 is 0.868 bits per heavy atom. The number of phenols is 2. The highest BCUT2D eigenvalue weighted by atomic mass is 16.3. The summed E-state index contributed by atoms with van der Waals surface area (Å²) < 4.78 is 0. The van der Waals surface area contributed by atoms with Gasteiger partial charge in [-0.25, -0.2) is 0 Å². The van der Waals surface area contributed by atoms with Gasteiger partial charge in [-0.15, -0.1) is 0 Å². The highest BCUT2D eigenvalue weighted by molar-refractivity contribution is 5.50. The Morgan fingerprint density at radius 1 is 0.474 bits per heavy atom. The molecule has 1 heterocycles. The minimum atomic E-state index is -0.0970. The molecule has 4 heteroatoms. The largest absolute Gasteiger partial charge is 0.507 e. The van der Waals surface area contributed by atoms with Crippen LogP contribution in [-0.2, 0) is 34.7 Å². The average Bonchev–Trinajstić information content (AvgIpc) is 2.74. The predicted molar refractivity (Wildman–Crippen MR) is 160 cm³/mol. The molecule has 0 atom stereocenters. The summed E-state index contributed by atoms with van der Waals surface area (Å²) in [7, 11) is 0. The summed E-state index contributed by atoms with van der Waals surface area (Å²) >= 11 is 0. The number of quaternary nitrogens is 2. The SMILES string of the molecule is CC(C)(C)c1cc(C[NH+]2CC[NH+](Cc3cc(C(C)(C)C)c(O)c(C(C)(C)C)c3)CC2)cc(C(C)(C)C)c1O. The van der Waals surface area contributed by atoms with Crippen molar-refractivity contribution in [2.75, 3.05) is 26.2 Å². The molecule has 0 amide bonds. The Bertz CT molecular complexity index is 968. The van der Waals surface area contributed by atoms with Crippen molar-refractivity contribution >= 4 is 0 Å². The molecule has 0 bridgehead atoms. The highest BCUT2D eigenvalue weighted by Crippen LogP contribution is 2.41. The monoisotopic (exact) mass is 524 g/mol. The van der Waals surface area contributed by atoms with Gasteiger partial charge in [-0.2, -0.15) is 0 Å². The van der Waals surface area contributed by atoms with Crippen LogP contribution in [0.2, 0.25) is 0 Å². The Hall–Kier alpha value is -2.04. The van der Waals surface area contributed by atoms with Gasteiger partial charge >= 0.3 is 0 Å². The molecule has 4 nitrogen and oxygen atoms in total. The molecule has 0 spiro atoms. The van der Waals surface area contributed by atoms with Gasteiger partial charge in [0, 0.05) is 33.4 Å². The molecule has 1 saturated heterocycles. The summed E-state index contributed by atoms with van der Waals surface area (Å²) in [6.07, 6.45) is 0. The van der Waals surface area contributed by atoms with E-state index in [1.54, 1.807) is 9.80 Å². The van der Waals surface area contributed by atoms with E-state index < -0.39 is 0 Å². The Balaban J connectivity index is 1.76. The summed E-state index contributed by atoms with van der Waals surface area (Å²) in [5, 5.41) is 22.2. The number of rotatable bonds is 4. The smallest absolute Gasteiger partial charge is 0.127 e. The quantitative estimate of drug-likeness (QED) is 0.466. The minimum Gasteiger partial charge on any atom is -0.507 e. The molecule has 38 heavy (non-hydrogen) atoms. The van der Waals surface area contributed by atoms with Gasteiger partial charge in [-0.05, 0) is 45.9 Å². The topological polar surface area (TPSA) is 49.3 Å². The zero-order chi connectivity index (χ0) is 28.8. The number of benzene rings is 2. The number of aromatic hydroxyl groups is 2. The van der Waals surface area contributed by atoms with Crippen molar-refractivity contribution in [2.45, 2.75) is 118 Å². The summed E-state index contributed by atoms with van der Waals surface area (Å²) in [5.41, 5.74) is 6.50. The third-order valence-corrected chi connectivity index (χ3v) is 8.14. The van der Waals surface area contributed by atoms with Crippen LogP contribution in [0.15, 0.2) is 24.3 Å². The van der Waals surface area contributed by atoms with Crippen molar-refractivity contribution in [2.24, 2.45) is 0 Å². The molecule has 0 unspecified atom stereocenters. The first kappa shape index (κ1) is 30.5. The van der Waals surface area contributed by atoms with Gasteiger partial charge in [0.15, 0.2) is 0 Å². The lowest BCUT2D eigenvalue weighted by Gasteiger charge is -2.32. The standard InChI is InChI=1S/C34H54N2O2/c1-31(2,3)25-17-23(18-26(29(25)37)32(4,5)6)21-35-13-15-36(16-14-35)22-24-19-27(33(7,8)9)30(38)28(20-24)34(10,11)12/h17-20,37-38H,13-16,21-22H2,1-12H3/p+2. The van der Waals surface area contributed by atoms with E-state index in [0.29, 0.717) is 11.5 Å². The molecule has 1 fully saturated rings. The lowest BCUT2D eigenvalue weighted by atomic mass is 9.78. The minimum absolute atomic E-state index is 0.0970. The van der Waals surface area contributed by atoms with E-state index in [-0.39, 0.29) is 21.7 Å². The van der Waals surface area contributed by atoms with Crippen molar-refractivity contribution in [1.82, 2.24) is 0 Å². The molecule has 1 aliphatic rings. The second kappa shape index (κ2) is 10.5. The molecule has 0 aliphatic carbocycles. The van der Waals surface area contributed by atoms with Gasteiger partial charge in [0.25, 0.3) is 0 Å². The molecular formula is C34H56N2O2+2. The second-order valence-electron chi connectivity index (χ2n) is 15.9. The maximum Gasteiger partial charge on any atom is 0.127 e. The fourth-order valence-electron chi connectivity index (χ4n) is 5.77. The van der Waals surface area contributed by atoms with Crippen LogP contribution < -0.4 is 9.80 Å². The van der Waals surface area contributed by atoms with E-state index in [0.717, 1.165) is 61.5 Å². The molecule has 0 saturated carbocycles. The fraction of sp³-hybridized carbons (Fsp3) is 0.647. The summed E-state index contributed by atoms with van der Waals surface area (Å²) in [4.78, 5) is 3.24. The predicted octanol–water partition coefficient (Wildman–Crippen LogP) is 4.77. The van der Waals surface area contributed by atoms with E-state index in [9.17, 15) is 10.2 Å². The van der Waals surface area contributed by atoms with Gasteiger partial charge in [-0.1, -0.05) is 83.1 Å². The molecule has 0 aromatic heterocycles. The molecule has 4 N–H and O–H groups in total. The Labute approximate surface area is 233 Å². The lowest BCUT2D eigenvalue weighted by Crippen LogP contribution is -3.27. The van der Waals surface area contributed by atoms with Crippen LogP contribution >= 0.6 is 0 Å². The first-order chi connectivity index (χ1) is 17.2. The van der Waals surface area contributed by atoms with Crippen LogP contribution in [0.25, 0.3) is 0 Å². The van der Waals surface area contributed by atoms with E-state index in [4.69, 9.17) is 0 Å². The summed E-state index contributed by atoms with van der Waals surface area (Å²) in [6, 6.07) is 8.98. The van der Waals surface area contributed by atoms with Crippen molar-refractivity contribution in [3.05, 3.63) is 57.6 Å². The molecule has 3 rings (SSSR count). The number of piperazine rings is 1. The van der Waals surface area contributed by atoms with Gasteiger partial charge in [0.1, 0.15) is 50.8 Å². The summed E-state index contributed by atoms with van der Waals surface area (Å²) in [5.74, 6) is 0.937. The van der Waals surface area contributed by atoms with Crippen LogP contribution in [0, 0.1) is 0 Å². The van der Waals surface area contributed by atoms with Crippen molar-refractivity contribution in [3.8, 4) is 11.5 Å². The third kappa shape index (κ3) is 7.12. The fourth-order valence-corrected chi connectivity index (χ4v) is 5.77. The summed E-state index contributed by atoms with van der Waals surface area (Å²) in [6.45, 7) is 32.8. The zero-order valence-electron chi connectivity index (χ0n) is 26.4. The van der Waals surface area contributed by atoms with Crippen LogP contribution in [0.1, 0.15) is 116 Å². The second-order valence-corrected chi connectivity index (χ2v) is 15.9. The van der Waals surface area contributed by atoms with Gasteiger partial charge in [0.05, 0.1) is 0 Å². The molecular weight excluding hydrogens is 468 g/mol. The van der Waals surface area contributed by atoms with Crippen molar-refractivity contribution in [1.29, 1.82) is 0 Å². The van der Waals surface area contributed by atoms with Crippen LogP contribution in [0.3, 0.4) is 0 Å². The molecule has 212 valence electrons. The Morgan fingerprint density at radius 2 is 0.684 bits per heavy atom. The number of hydrogen-bond acceptors (Lipinski definition) is 2. The molecule has 2 aromatic carbocycles. The van der Waals surface area contributed by atoms with Gasteiger partial charge < -0.3 is 20.0 Å². The van der Waals surface area contributed by atoms with E-state index in [2.05, 4.69) is 107 Å². The first-order valence-electron chi connectivity index (χ1n) is 14.6. The van der Waals surface area contributed by atoms with Crippen molar-refractivity contribution < 1.29 is 20.0 Å². The molecule has 0 radical (unpaired) electrons. The number of phenolic OH excluding ortho intramolecular Hbond substituents is 2. The van der Waals surface area contributed by atoms with Crippen LogP contribution in [0.5, 0.6) is 11.5 Å². The normalized spacial score (nSPS) is 19.6. The maximum atomic E-state index is 11.1. The zero-order valence-corrected chi connectivity index (χ0v) is 26.4. The Kier molecular flexibility index (Phi) is 8.43. The third-order valence-electron chi connectivity index (χ3n) is 8.14. The van der Waals surface area contributed by atoms with E-state index in [1.807, 2.05) is 0 Å². The van der Waals surface area contributed by atoms with Crippen molar-refractivity contribution in [3.63, 3.8) is 0 Å². The van der Waals surface area contributed by atoms with Gasteiger partial charge in [0.2, 0.25) is 0 Å².